The van der Waals surface area contributed by atoms with Gasteiger partial charge in [-0.25, -0.2) is 4.79 Å². The van der Waals surface area contributed by atoms with Gasteiger partial charge < -0.3 is 20.5 Å². The van der Waals surface area contributed by atoms with Gasteiger partial charge in [0.25, 0.3) is 0 Å². The van der Waals surface area contributed by atoms with Crippen LogP contribution in [0.15, 0.2) is 24.3 Å². The lowest BCUT2D eigenvalue weighted by molar-refractivity contribution is -0.142. The predicted molar refractivity (Wildman–Crippen MR) is 75.4 cm³/mol. The molecule has 20 heavy (non-hydrogen) atoms. The van der Waals surface area contributed by atoms with Crippen molar-refractivity contribution in [3.05, 3.63) is 24.3 Å². The molecule has 6 heteroatoms. The van der Waals surface area contributed by atoms with Crippen LogP contribution in [0.1, 0.15) is 13.8 Å². The second kappa shape index (κ2) is 7.49. The third kappa shape index (κ3) is 4.89. The summed E-state index contributed by atoms with van der Waals surface area (Å²) in [7, 11) is 1.29. The normalized spacial score (nSPS) is 13.2. The molecule has 0 aliphatic rings. The van der Waals surface area contributed by atoms with Crippen LogP contribution in [0.3, 0.4) is 0 Å². The Hall–Kier alpha value is -2.08. The van der Waals surface area contributed by atoms with E-state index in [1.807, 2.05) is 0 Å². The number of anilines is 1. The van der Waals surface area contributed by atoms with Gasteiger partial charge in [-0.3, -0.25) is 4.79 Å². The third-order valence-electron chi connectivity index (χ3n) is 2.89. The molecule has 0 fully saturated rings. The molecule has 0 radical (unpaired) electrons. The van der Waals surface area contributed by atoms with E-state index in [1.54, 1.807) is 38.1 Å². The summed E-state index contributed by atoms with van der Waals surface area (Å²) in [5.41, 5.74) is 6.27. The molecule has 0 heterocycles. The van der Waals surface area contributed by atoms with Crippen LogP contribution in [0.5, 0.6) is 5.75 Å². The van der Waals surface area contributed by atoms with Crippen LogP contribution < -0.4 is 15.8 Å². The van der Waals surface area contributed by atoms with Crippen LogP contribution in [0.25, 0.3) is 0 Å². The number of benzene rings is 1. The third-order valence-corrected chi connectivity index (χ3v) is 2.89. The molecule has 1 aromatic rings. The van der Waals surface area contributed by atoms with E-state index in [2.05, 4.69) is 10.1 Å². The van der Waals surface area contributed by atoms with E-state index in [0.717, 1.165) is 0 Å². The van der Waals surface area contributed by atoms with E-state index in [4.69, 9.17) is 10.5 Å². The van der Waals surface area contributed by atoms with Gasteiger partial charge in [0.05, 0.1) is 13.0 Å². The Labute approximate surface area is 118 Å². The lowest BCUT2D eigenvalue weighted by Gasteiger charge is -2.15. The minimum Gasteiger partial charge on any atom is -0.482 e. The monoisotopic (exact) mass is 280 g/mol. The average molecular weight is 280 g/mol. The zero-order valence-corrected chi connectivity index (χ0v) is 11.9. The fraction of sp³-hybridized carbons (Fsp3) is 0.429. The lowest BCUT2D eigenvalue weighted by Crippen LogP contribution is -2.34. The molecule has 0 bridgehead atoms. The summed E-state index contributed by atoms with van der Waals surface area (Å²) in [6, 6.07) is 6.55. The summed E-state index contributed by atoms with van der Waals surface area (Å²) in [6.45, 7) is 3.36. The van der Waals surface area contributed by atoms with Crippen LogP contribution in [0, 0.1) is 5.92 Å². The van der Waals surface area contributed by atoms with Gasteiger partial charge in [-0.05, 0) is 19.1 Å². The summed E-state index contributed by atoms with van der Waals surface area (Å²) in [4.78, 5) is 22.9. The number of hydrogen-bond donors (Lipinski definition) is 2. The molecule has 0 saturated heterocycles. The molecule has 2 atom stereocenters. The Morgan fingerprint density at radius 2 is 2.05 bits per heavy atom. The molecule has 0 aliphatic carbocycles. The first kappa shape index (κ1) is 16.0. The second-order valence-corrected chi connectivity index (χ2v) is 4.53. The van der Waals surface area contributed by atoms with Crippen LogP contribution in [-0.4, -0.2) is 31.6 Å². The van der Waals surface area contributed by atoms with Crippen LogP contribution >= 0.6 is 0 Å². The summed E-state index contributed by atoms with van der Waals surface area (Å²) in [6.07, 6.45) is 0. The first-order valence-corrected chi connectivity index (χ1v) is 6.30. The molecule has 3 N–H and O–H groups in total. The van der Waals surface area contributed by atoms with Crippen LogP contribution in [0.4, 0.5) is 5.69 Å². The first-order chi connectivity index (χ1) is 9.43. The standard InChI is InChI=1S/C14H20N2O4/c1-9(10(2)15)14(18)16-11-5-4-6-12(7-11)20-8-13(17)19-3/h4-7,9-10H,8,15H2,1-3H3,(H,16,18). The second-order valence-electron chi connectivity index (χ2n) is 4.53. The highest BCUT2D eigenvalue weighted by atomic mass is 16.6. The predicted octanol–water partition coefficient (Wildman–Crippen LogP) is 1.16. The van der Waals surface area contributed by atoms with Crippen molar-refractivity contribution in [2.75, 3.05) is 19.0 Å². The molecule has 0 aliphatic heterocycles. The number of carbonyl (C=O) groups excluding carboxylic acids is 2. The minimum absolute atomic E-state index is 0.162. The molecule has 1 rings (SSSR count). The maximum absolute atomic E-state index is 11.9. The fourth-order valence-electron chi connectivity index (χ4n) is 1.36. The number of nitrogens with one attached hydrogen (secondary N) is 1. The Morgan fingerprint density at radius 1 is 1.35 bits per heavy atom. The quantitative estimate of drug-likeness (QED) is 0.763. The first-order valence-electron chi connectivity index (χ1n) is 6.30. The molecule has 0 spiro atoms. The zero-order chi connectivity index (χ0) is 15.1. The Morgan fingerprint density at radius 3 is 2.65 bits per heavy atom. The summed E-state index contributed by atoms with van der Waals surface area (Å²) in [5, 5.41) is 2.75. The van der Waals surface area contributed by atoms with E-state index in [0.29, 0.717) is 11.4 Å². The largest absolute Gasteiger partial charge is 0.482 e. The van der Waals surface area contributed by atoms with Gasteiger partial charge >= 0.3 is 5.97 Å². The highest BCUT2D eigenvalue weighted by Crippen LogP contribution is 2.18. The molecular weight excluding hydrogens is 260 g/mol. The van der Waals surface area contributed by atoms with E-state index in [9.17, 15) is 9.59 Å². The minimum atomic E-state index is -0.468. The number of ether oxygens (including phenoxy) is 2. The highest BCUT2D eigenvalue weighted by molar-refractivity contribution is 5.92. The van der Waals surface area contributed by atoms with Crippen molar-refractivity contribution in [3.8, 4) is 5.75 Å². The van der Waals surface area contributed by atoms with Crippen molar-refractivity contribution in [1.29, 1.82) is 0 Å². The lowest BCUT2D eigenvalue weighted by atomic mass is 10.0. The maximum atomic E-state index is 11.9. The molecule has 0 aromatic heterocycles. The summed E-state index contributed by atoms with van der Waals surface area (Å²) in [5.74, 6) is -0.452. The molecule has 2 unspecified atom stereocenters. The Kier molecular flexibility index (Phi) is 5.99. The van der Waals surface area contributed by atoms with E-state index >= 15 is 0 Å². The number of esters is 1. The highest BCUT2D eigenvalue weighted by Gasteiger charge is 2.17. The van der Waals surface area contributed by atoms with Gasteiger partial charge in [-0.2, -0.15) is 0 Å². The molecule has 110 valence electrons. The Bertz CT molecular complexity index is 474. The fourth-order valence-corrected chi connectivity index (χ4v) is 1.36. The van der Waals surface area contributed by atoms with Gasteiger partial charge in [-0.15, -0.1) is 0 Å². The van der Waals surface area contributed by atoms with E-state index in [-0.39, 0.29) is 24.5 Å². The van der Waals surface area contributed by atoms with Crippen molar-refractivity contribution >= 4 is 17.6 Å². The molecular formula is C14H20N2O4. The zero-order valence-electron chi connectivity index (χ0n) is 11.9. The number of hydrogen-bond acceptors (Lipinski definition) is 5. The molecule has 1 aromatic carbocycles. The van der Waals surface area contributed by atoms with Crippen molar-refractivity contribution in [3.63, 3.8) is 0 Å². The van der Waals surface area contributed by atoms with Crippen molar-refractivity contribution < 1.29 is 19.1 Å². The smallest absolute Gasteiger partial charge is 0.343 e. The van der Waals surface area contributed by atoms with Gasteiger partial charge in [-0.1, -0.05) is 13.0 Å². The molecule has 1 amide bonds. The molecule has 0 saturated carbocycles. The van der Waals surface area contributed by atoms with Crippen molar-refractivity contribution in [1.82, 2.24) is 0 Å². The van der Waals surface area contributed by atoms with E-state index in [1.165, 1.54) is 7.11 Å². The topological polar surface area (TPSA) is 90.6 Å². The number of carbonyl (C=O) groups is 2. The Balaban J connectivity index is 2.64. The number of amides is 1. The van der Waals surface area contributed by atoms with E-state index < -0.39 is 5.97 Å². The van der Waals surface area contributed by atoms with Crippen LogP contribution in [0.2, 0.25) is 0 Å². The van der Waals surface area contributed by atoms with Gasteiger partial charge in [0.1, 0.15) is 5.75 Å². The van der Waals surface area contributed by atoms with Gasteiger partial charge in [0, 0.05) is 17.8 Å². The van der Waals surface area contributed by atoms with Gasteiger partial charge in [0.15, 0.2) is 6.61 Å². The summed E-state index contributed by atoms with van der Waals surface area (Å²) < 4.78 is 9.72. The SMILES string of the molecule is COC(=O)COc1cccc(NC(=O)C(C)C(C)N)c1. The maximum Gasteiger partial charge on any atom is 0.343 e. The molecule has 6 nitrogen and oxygen atoms in total. The van der Waals surface area contributed by atoms with Crippen molar-refractivity contribution in [2.24, 2.45) is 11.7 Å². The van der Waals surface area contributed by atoms with Crippen molar-refractivity contribution in [2.45, 2.75) is 19.9 Å². The summed E-state index contributed by atoms with van der Waals surface area (Å²) >= 11 is 0. The number of methoxy groups -OCH3 is 1. The van der Waals surface area contributed by atoms with Crippen LogP contribution in [-0.2, 0) is 14.3 Å². The number of rotatable bonds is 6. The average Bonchev–Trinajstić information content (AvgIpc) is 2.44. The number of nitrogens with two attached hydrogens (primary N) is 1. The van der Waals surface area contributed by atoms with Gasteiger partial charge in [0.2, 0.25) is 5.91 Å².